The highest BCUT2D eigenvalue weighted by molar-refractivity contribution is 5.58. The number of halogens is 1. The Bertz CT molecular complexity index is 588. The molecule has 0 aliphatic carbocycles. The number of rotatable bonds is 9. The van der Waals surface area contributed by atoms with E-state index in [2.05, 4.69) is 40.8 Å². The van der Waals surface area contributed by atoms with Crippen molar-refractivity contribution in [2.75, 3.05) is 0 Å². The minimum atomic E-state index is -0.688. The summed E-state index contributed by atoms with van der Waals surface area (Å²) in [6, 6.07) is 8.33. The molecule has 0 N–H and O–H groups in total. The summed E-state index contributed by atoms with van der Waals surface area (Å²) in [6.07, 6.45) is 10.4. The fourth-order valence-electron chi connectivity index (χ4n) is 2.52. The molecule has 0 fully saturated rings. The number of aromatic nitrogens is 2. The summed E-state index contributed by atoms with van der Waals surface area (Å²) in [5.41, 5.74) is 4.22. The van der Waals surface area contributed by atoms with Crippen molar-refractivity contribution >= 4 is 0 Å². The minimum Gasteiger partial charge on any atom is -0.257 e. The van der Waals surface area contributed by atoms with Crippen LogP contribution in [-0.2, 0) is 12.8 Å². The lowest BCUT2D eigenvalue weighted by atomic mass is 10.1. The van der Waals surface area contributed by atoms with Crippen molar-refractivity contribution in [1.82, 2.24) is 9.97 Å². The van der Waals surface area contributed by atoms with Crippen LogP contribution in [0.1, 0.15) is 43.9 Å². The first-order chi connectivity index (χ1) is 11.2. The lowest BCUT2D eigenvalue weighted by molar-refractivity contribution is 0.330. The molecule has 1 atom stereocenters. The van der Waals surface area contributed by atoms with Crippen molar-refractivity contribution < 1.29 is 4.39 Å². The van der Waals surface area contributed by atoms with E-state index in [0.29, 0.717) is 6.42 Å². The van der Waals surface area contributed by atoms with E-state index in [1.165, 1.54) is 5.56 Å². The Morgan fingerprint density at radius 3 is 2.48 bits per heavy atom. The maximum atomic E-state index is 12.7. The molecule has 1 heterocycles. The Kier molecular flexibility index (Phi) is 6.92. The summed E-state index contributed by atoms with van der Waals surface area (Å²) in [5, 5.41) is 0. The molecule has 3 heteroatoms. The maximum absolute atomic E-state index is 12.7. The van der Waals surface area contributed by atoms with E-state index in [-0.39, 0.29) is 0 Å². The van der Waals surface area contributed by atoms with Gasteiger partial charge in [-0.05, 0) is 38.2 Å². The van der Waals surface area contributed by atoms with Crippen LogP contribution >= 0.6 is 0 Å². The van der Waals surface area contributed by atoms with Crippen LogP contribution in [0, 0.1) is 0 Å². The number of hydrogen-bond donors (Lipinski definition) is 0. The molecule has 0 radical (unpaired) electrons. The minimum absolute atomic E-state index is 0.659. The third-order valence-electron chi connectivity index (χ3n) is 3.87. The van der Waals surface area contributed by atoms with E-state index in [1.807, 2.05) is 18.5 Å². The Balaban J connectivity index is 1.85. The molecule has 1 aromatic carbocycles. The zero-order valence-corrected chi connectivity index (χ0v) is 13.8. The van der Waals surface area contributed by atoms with Crippen LogP contribution < -0.4 is 0 Å². The summed E-state index contributed by atoms with van der Waals surface area (Å²) in [6.45, 7) is 5.37. The molecule has 0 amide bonds. The van der Waals surface area contributed by atoms with Gasteiger partial charge in [0.15, 0.2) is 0 Å². The summed E-state index contributed by atoms with van der Waals surface area (Å²) in [4.78, 5) is 9.00. The number of benzene rings is 1. The molecule has 2 nitrogen and oxygen atoms in total. The SMILES string of the molecule is C=CCc1ccc(-c2cnc(CCCCCC(C)F)cn2)cc1. The lowest BCUT2D eigenvalue weighted by Crippen LogP contribution is -1.95. The molecule has 0 saturated heterocycles. The van der Waals surface area contributed by atoms with Crippen LogP contribution in [-0.4, -0.2) is 16.1 Å². The Morgan fingerprint density at radius 2 is 1.87 bits per heavy atom. The molecule has 2 aromatic rings. The van der Waals surface area contributed by atoms with Gasteiger partial charge in [-0.2, -0.15) is 0 Å². The highest BCUT2D eigenvalue weighted by Gasteiger charge is 2.02. The quantitative estimate of drug-likeness (QED) is 0.462. The van der Waals surface area contributed by atoms with Crippen molar-refractivity contribution in [3.63, 3.8) is 0 Å². The van der Waals surface area contributed by atoms with Gasteiger partial charge in [-0.15, -0.1) is 6.58 Å². The van der Waals surface area contributed by atoms with Gasteiger partial charge in [0.25, 0.3) is 0 Å². The van der Waals surface area contributed by atoms with Crippen molar-refractivity contribution in [3.05, 3.63) is 60.6 Å². The van der Waals surface area contributed by atoms with Crippen molar-refractivity contribution in [2.24, 2.45) is 0 Å². The Labute approximate surface area is 138 Å². The van der Waals surface area contributed by atoms with E-state index < -0.39 is 6.17 Å². The molecule has 0 saturated carbocycles. The van der Waals surface area contributed by atoms with Gasteiger partial charge in [-0.3, -0.25) is 9.97 Å². The summed E-state index contributed by atoms with van der Waals surface area (Å²) in [5.74, 6) is 0. The maximum Gasteiger partial charge on any atom is 0.0973 e. The van der Waals surface area contributed by atoms with Gasteiger partial charge in [0.2, 0.25) is 0 Å². The van der Waals surface area contributed by atoms with Gasteiger partial charge in [0, 0.05) is 11.8 Å². The van der Waals surface area contributed by atoms with Gasteiger partial charge in [0.1, 0.15) is 0 Å². The standard InChI is InChI=1S/C20H25FN2/c1-3-7-17-10-12-18(13-11-17)20-15-22-19(14-23-20)9-6-4-5-8-16(2)21/h3,10-16H,1,4-9H2,2H3. The average Bonchev–Trinajstić information content (AvgIpc) is 2.56. The Morgan fingerprint density at radius 1 is 1.09 bits per heavy atom. The number of hydrogen-bond acceptors (Lipinski definition) is 2. The predicted octanol–water partition coefficient (Wildman–Crippen LogP) is 5.33. The largest absolute Gasteiger partial charge is 0.257 e. The third-order valence-corrected chi connectivity index (χ3v) is 3.87. The molecular formula is C20H25FN2. The van der Waals surface area contributed by atoms with Crippen LogP contribution in [0.2, 0.25) is 0 Å². The molecule has 0 spiro atoms. The summed E-state index contributed by atoms with van der Waals surface area (Å²) in [7, 11) is 0. The van der Waals surface area contributed by atoms with Gasteiger partial charge in [-0.1, -0.05) is 43.2 Å². The van der Waals surface area contributed by atoms with E-state index in [4.69, 9.17) is 0 Å². The predicted molar refractivity (Wildman–Crippen MR) is 94.1 cm³/mol. The topological polar surface area (TPSA) is 25.8 Å². The smallest absolute Gasteiger partial charge is 0.0973 e. The van der Waals surface area contributed by atoms with Crippen molar-refractivity contribution in [1.29, 1.82) is 0 Å². The number of unbranched alkanes of at least 4 members (excludes halogenated alkanes) is 2. The monoisotopic (exact) mass is 312 g/mol. The number of allylic oxidation sites excluding steroid dienone is 1. The van der Waals surface area contributed by atoms with Crippen LogP contribution in [0.25, 0.3) is 11.3 Å². The third kappa shape index (κ3) is 5.93. The normalized spacial score (nSPS) is 12.1. The van der Waals surface area contributed by atoms with Crippen LogP contribution in [0.15, 0.2) is 49.3 Å². The van der Waals surface area contributed by atoms with Gasteiger partial charge in [0.05, 0.1) is 23.8 Å². The number of alkyl halides is 1. The first-order valence-electron chi connectivity index (χ1n) is 8.34. The summed E-state index contributed by atoms with van der Waals surface area (Å²) < 4.78 is 12.7. The van der Waals surface area contributed by atoms with Crippen LogP contribution in [0.5, 0.6) is 0 Å². The number of nitrogens with zero attached hydrogens (tertiary/aromatic N) is 2. The van der Waals surface area contributed by atoms with E-state index in [0.717, 1.165) is 49.1 Å². The Hall–Kier alpha value is -2.03. The van der Waals surface area contributed by atoms with Crippen LogP contribution in [0.3, 0.4) is 0 Å². The molecule has 0 aliphatic heterocycles. The van der Waals surface area contributed by atoms with Gasteiger partial charge in [-0.25, -0.2) is 4.39 Å². The molecule has 1 unspecified atom stereocenters. The molecule has 23 heavy (non-hydrogen) atoms. The average molecular weight is 312 g/mol. The fraction of sp³-hybridized carbons (Fsp3) is 0.400. The van der Waals surface area contributed by atoms with Crippen molar-refractivity contribution in [2.45, 2.75) is 51.6 Å². The summed E-state index contributed by atoms with van der Waals surface area (Å²) >= 11 is 0. The zero-order chi connectivity index (χ0) is 16.5. The molecule has 2 rings (SSSR count). The lowest BCUT2D eigenvalue weighted by Gasteiger charge is -2.05. The number of aryl methyl sites for hydroxylation is 1. The first-order valence-corrected chi connectivity index (χ1v) is 8.34. The van der Waals surface area contributed by atoms with Gasteiger partial charge >= 0.3 is 0 Å². The zero-order valence-electron chi connectivity index (χ0n) is 13.8. The molecular weight excluding hydrogens is 287 g/mol. The van der Waals surface area contributed by atoms with E-state index >= 15 is 0 Å². The van der Waals surface area contributed by atoms with E-state index in [1.54, 1.807) is 6.92 Å². The molecule has 1 aromatic heterocycles. The second-order valence-electron chi connectivity index (χ2n) is 5.96. The van der Waals surface area contributed by atoms with Crippen molar-refractivity contribution in [3.8, 4) is 11.3 Å². The van der Waals surface area contributed by atoms with E-state index in [9.17, 15) is 4.39 Å². The highest BCUT2D eigenvalue weighted by Crippen LogP contribution is 2.17. The fourth-order valence-corrected chi connectivity index (χ4v) is 2.52. The first kappa shape index (κ1) is 17.3. The van der Waals surface area contributed by atoms with Gasteiger partial charge < -0.3 is 0 Å². The molecule has 0 bridgehead atoms. The second kappa shape index (κ2) is 9.19. The van der Waals surface area contributed by atoms with Crippen LogP contribution in [0.4, 0.5) is 4.39 Å². The molecule has 0 aliphatic rings. The highest BCUT2D eigenvalue weighted by atomic mass is 19.1. The second-order valence-corrected chi connectivity index (χ2v) is 5.96. The molecule has 122 valence electrons.